The Kier molecular flexibility index (Phi) is 5.14. The second kappa shape index (κ2) is 6.97. The zero-order chi connectivity index (χ0) is 20.0. The van der Waals surface area contributed by atoms with E-state index < -0.39 is 33.1 Å². The van der Waals surface area contributed by atoms with Gasteiger partial charge in [0.2, 0.25) is 10.0 Å². The summed E-state index contributed by atoms with van der Waals surface area (Å²) in [7, 11) is -2.35. The fourth-order valence-electron chi connectivity index (χ4n) is 2.58. The van der Waals surface area contributed by atoms with Crippen molar-refractivity contribution in [2.75, 3.05) is 18.5 Å². The Labute approximate surface area is 162 Å². The number of sulfonamides is 1. The minimum Gasteiger partial charge on any atom is -0.377 e. The molecule has 27 heavy (non-hydrogen) atoms. The monoisotopic (exact) mass is 463 g/mol. The van der Waals surface area contributed by atoms with Gasteiger partial charge in [0.15, 0.2) is 11.6 Å². The van der Waals surface area contributed by atoms with Crippen LogP contribution in [0.1, 0.15) is 17.4 Å². The second-order valence-electron chi connectivity index (χ2n) is 6.54. The lowest BCUT2D eigenvalue weighted by Gasteiger charge is -2.38. The van der Waals surface area contributed by atoms with Gasteiger partial charge in [0.1, 0.15) is 10.6 Å². The number of nitrogens with one attached hydrogen (secondary N) is 2. The molecule has 0 radical (unpaired) electrons. The van der Waals surface area contributed by atoms with Crippen molar-refractivity contribution in [3.05, 3.63) is 46.2 Å². The van der Waals surface area contributed by atoms with E-state index in [0.717, 1.165) is 6.07 Å². The lowest BCUT2D eigenvalue weighted by molar-refractivity contribution is -0.0523. The highest BCUT2D eigenvalue weighted by Crippen LogP contribution is 2.25. The van der Waals surface area contributed by atoms with Gasteiger partial charge in [0.25, 0.3) is 5.91 Å². The van der Waals surface area contributed by atoms with E-state index in [2.05, 4.69) is 26.0 Å². The molecular formula is C16H16BrF2N3O4S. The first-order valence-corrected chi connectivity index (χ1v) is 10.0. The molecule has 2 aromatic rings. The molecule has 1 fully saturated rings. The van der Waals surface area contributed by atoms with Crippen LogP contribution in [0.5, 0.6) is 0 Å². The van der Waals surface area contributed by atoms with Gasteiger partial charge < -0.3 is 14.6 Å². The lowest BCUT2D eigenvalue weighted by atomic mass is 10.0. The van der Waals surface area contributed by atoms with Crippen molar-refractivity contribution in [3.8, 4) is 0 Å². The SMILES string of the molecule is Cn1cc(S(=O)(=O)NC2(C)COC2)cc1C(=O)Nc1cc(F)c(F)c(Br)c1. The highest BCUT2D eigenvalue weighted by Gasteiger charge is 2.38. The number of rotatable bonds is 5. The first-order chi connectivity index (χ1) is 12.5. The quantitative estimate of drug-likeness (QED) is 0.666. The van der Waals surface area contributed by atoms with Gasteiger partial charge in [-0.3, -0.25) is 4.79 Å². The second-order valence-corrected chi connectivity index (χ2v) is 9.08. The van der Waals surface area contributed by atoms with Crippen LogP contribution in [0.3, 0.4) is 0 Å². The fourth-order valence-corrected chi connectivity index (χ4v) is 4.46. The Morgan fingerprint density at radius 1 is 1.30 bits per heavy atom. The van der Waals surface area contributed by atoms with E-state index in [1.54, 1.807) is 6.92 Å². The van der Waals surface area contributed by atoms with Crippen LogP contribution in [0.2, 0.25) is 0 Å². The zero-order valence-corrected chi connectivity index (χ0v) is 16.7. The molecule has 0 aliphatic carbocycles. The molecule has 1 aromatic carbocycles. The number of halogens is 3. The van der Waals surface area contributed by atoms with Crippen LogP contribution in [0.15, 0.2) is 33.8 Å². The highest BCUT2D eigenvalue weighted by molar-refractivity contribution is 9.10. The largest absolute Gasteiger partial charge is 0.377 e. The van der Waals surface area contributed by atoms with Crippen LogP contribution < -0.4 is 10.0 Å². The Balaban J connectivity index is 1.82. The molecule has 1 aliphatic heterocycles. The molecule has 0 atom stereocenters. The third-order valence-electron chi connectivity index (χ3n) is 3.99. The van der Waals surface area contributed by atoms with Gasteiger partial charge in [-0.1, -0.05) is 0 Å². The molecule has 3 rings (SSSR count). The Morgan fingerprint density at radius 2 is 1.96 bits per heavy atom. The predicted molar refractivity (Wildman–Crippen MR) is 97.0 cm³/mol. The van der Waals surface area contributed by atoms with Crippen LogP contribution in [-0.2, 0) is 21.8 Å². The summed E-state index contributed by atoms with van der Waals surface area (Å²) >= 11 is 2.86. The number of hydrogen-bond donors (Lipinski definition) is 2. The average molecular weight is 464 g/mol. The Bertz CT molecular complexity index is 996. The van der Waals surface area contributed by atoms with Gasteiger partial charge >= 0.3 is 0 Å². The number of hydrogen-bond acceptors (Lipinski definition) is 4. The van der Waals surface area contributed by atoms with Crippen LogP contribution in [0, 0.1) is 11.6 Å². The highest BCUT2D eigenvalue weighted by atomic mass is 79.9. The smallest absolute Gasteiger partial charge is 0.272 e. The minimum atomic E-state index is -3.85. The summed E-state index contributed by atoms with van der Waals surface area (Å²) < 4.78 is 60.5. The molecule has 146 valence electrons. The fraction of sp³-hybridized carbons (Fsp3) is 0.312. The van der Waals surface area contributed by atoms with Gasteiger partial charge in [-0.25, -0.2) is 21.9 Å². The number of benzene rings is 1. The van der Waals surface area contributed by atoms with Gasteiger partial charge in [-0.15, -0.1) is 0 Å². The third kappa shape index (κ3) is 4.05. The summed E-state index contributed by atoms with van der Waals surface area (Å²) in [6.07, 6.45) is 1.29. The van der Waals surface area contributed by atoms with Crippen molar-refractivity contribution >= 4 is 37.5 Å². The van der Waals surface area contributed by atoms with E-state index in [1.165, 1.54) is 29.9 Å². The van der Waals surface area contributed by atoms with Crippen LogP contribution >= 0.6 is 15.9 Å². The maximum atomic E-state index is 13.5. The van der Waals surface area contributed by atoms with Crippen molar-refractivity contribution in [2.45, 2.75) is 17.4 Å². The summed E-state index contributed by atoms with van der Waals surface area (Å²) in [6.45, 7) is 2.24. The number of carbonyl (C=O) groups excluding carboxylic acids is 1. The Hall–Kier alpha value is -1.82. The van der Waals surface area contributed by atoms with Crippen molar-refractivity contribution in [1.82, 2.24) is 9.29 Å². The maximum absolute atomic E-state index is 13.5. The number of anilines is 1. The number of carbonyl (C=O) groups is 1. The summed E-state index contributed by atoms with van der Waals surface area (Å²) in [5, 5.41) is 2.41. The van der Waals surface area contributed by atoms with Crippen molar-refractivity contribution in [2.24, 2.45) is 7.05 Å². The number of ether oxygens (including phenoxy) is 1. The standard InChI is InChI=1S/C16H16BrF2N3O4S/c1-16(7-26-8-16)21-27(24,25)10-5-13(22(2)6-10)15(23)20-9-3-11(17)14(19)12(18)4-9/h3-6,21H,7-8H2,1-2H3,(H,20,23). The maximum Gasteiger partial charge on any atom is 0.272 e. The van der Waals surface area contributed by atoms with Crippen LogP contribution in [-0.4, -0.2) is 37.6 Å². The van der Waals surface area contributed by atoms with E-state index in [9.17, 15) is 22.0 Å². The van der Waals surface area contributed by atoms with E-state index in [4.69, 9.17) is 4.74 Å². The molecule has 0 unspecified atom stereocenters. The van der Waals surface area contributed by atoms with E-state index in [0.29, 0.717) is 0 Å². The molecule has 7 nitrogen and oxygen atoms in total. The molecule has 11 heteroatoms. The van der Waals surface area contributed by atoms with Crippen LogP contribution in [0.25, 0.3) is 0 Å². The first kappa shape index (κ1) is 19.9. The summed E-state index contributed by atoms with van der Waals surface area (Å²) in [5.41, 5.74) is -0.630. The molecule has 2 heterocycles. The molecule has 0 spiro atoms. The number of nitrogens with zero attached hydrogens (tertiary/aromatic N) is 1. The normalized spacial score (nSPS) is 16.0. The molecule has 1 amide bonds. The van der Waals surface area contributed by atoms with Crippen LogP contribution in [0.4, 0.5) is 14.5 Å². The molecule has 0 saturated carbocycles. The predicted octanol–water partition coefficient (Wildman–Crippen LogP) is 2.39. The van der Waals surface area contributed by atoms with Crippen molar-refractivity contribution in [3.63, 3.8) is 0 Å². The lowest BCUT2D eigenvalue weighted by Crippen LogP contribution is -2.59. The minimum absolute atomic E-state index is 0.0219. The topological polar surface area (TPSA) is 89.4 Å². The van der Waals surface area contributed by atoms with Gasteiger partial charge in [0.05, 0.1) is 23.2 Å². The summed E-state index contributed by atoms with van der Waals surface area (Å²) in [6, 6.07) is 3.24. The van der Waals surface area contributed by atoms with E-state index >= 15 is 0 Å². The molecule has 0 bridgehead atoms. The van der Waals surface area contributed by atoms with E-state index in [1.807, 2.05) is 0 Å². The number of amides is 1. The molecule has 1 saturated heterocycles. The summed E-state index contributed by atoms with van der Waals surface area (Å²) in [5.74, 6) is -2.87. The van der Waals surface area contributed by atoms with Gasteiger partial charge in [-0.2, -0.15) is 0 Å². The zero-order valence-electron chi connectivity index (χ0n) is 14.3. The number of aromatic nitrogens is 1. The first-order valence-electron chi connectivity index (χ1n) is 7.75. The van der Waals surface area contributed by atoms with Gasteiger partial charge in [-0.05, 0) is 35.0 Å². The number of aryl methyl sites for hydroxylation is 1. The molecule has 1 aliphatic rings. The van der Waals surface area contributed by atoms with E-state index in [-0.39, 0.29) is 34.0 Å². The molecule has 2 N–H and O–H groups in total. The van der Waals surface area contributed by atoms with Crippen molar-refractivity contribution < 1.29 is 26.7 Å². The third-order valence-corrected chi connectivity index (χ3v) is 6.17. The summed E-state index contributed by atoms with van der Waals surface area (Å²) in [4.78, 5) is 12.3. The Morgan fingerprint density at radius 3 is 2.52 bits per heavy atom. The molecule has 1 aromatic heterocycles. The average Bonchev–Trinajstić information content (AvgIpc) is 2.93. The van der Waals surface area contributed by atoms with Crippen molar-refractivity contribution in [1.29, 1.82) is 0 Å². The molecular weight excluding hydrogens is 448 g/mol. The van der Waals surface area contributed by atoms with Gasteiger partial charge in [0, 0.05) is 25.0 Å².